The summed E-state index contributed by atoms with van der Waals surface area (Å²) in [5.74, 6) is 0.152. The maximum atomic E-state index is 11.3. The molecule has 5 nitrogen and oxygen atoms in total. The van der Waals surface area contributed by atoms with Crippen LogP contribution in [0.5, 0.6) is 0 Å². The van der Waals surface area contributed by atoms with Crippen molar-refractivity contribution in [2.45, 2.75) is 12.5 Å². The number of carbonyl (C=O) groups is 1. The van der Waals surface area contributed by atoms with Gasteiger partial charge in [-0.2, -0.15) is 0 Å². The summed E-state index contributed by atoms with van der Waals surface area (Å²) >= 11 is 0. The van der Waals surface area contributed by atoms with Crippen molar-refractivity contribution in [3.05, 3.63) is 0 Å². The zero-order valence-electron chi connectivity index (χ0n) is 9.61. The first-order chi connectivity index (χ1) is 7.09. The van der Waals surface area contributed by atoms with Crippen molar-refractivity contribution in [3.63, 3.8) is 0 Å². The lowest BCUT2D eigenvalue weighted by Crippen LogP contribution is -2.31. The number of nitrogens with two attached hydrogens (primary N) is 1. The first kappa shape index (κ1) is 12.4. The largest absolute Gasteiger partial charge is 0.378 e. The predicted molar refractivity (Wildman–Crippen MR) is 58.5 cm³/mol. The van der Waals surface area contributed by atoms with Gasteiger partial charge in [-0.15, -0.1) is 0 Å². The highest BCUT2D eigenvalue weighted by Gasteiger charge is 2.25. The number of nitrogens with zero attached hydrogens (tertiary/aromatic N) is 2. The third-order valence-corrected chi connectivity index (χ3v) is 2.43. The maximum Gasteiger partial charge on any atom is 0.224 e. The molecule has 0 aromatic carbocycles. The molecular weight excluding hydrogens is 194 g/mol. The molecule has 1 aliphatic rings. The van der Waals surface area contributed by atoms with E-state index in [1.165, 1.54) is 0 Å². The molecule has 88 valence electrons. The smallest absolute Gasteiger partial charge is 0.224 e. The van der Waals surface area contributed by atoms with Crippen LogP contribution in [0.3, 0.4) is 0 Å². The second-order valence-corrected chi connectivity index (χ2v) is 4.22. The second kappa shape index (κ2) is 6.05. The quantitative estimate of drug-likeness (QED) is 0.585. The number of hydrogen-bond acceptors (Lipinski definition) is 4. The van der Waals surface area contributed by atoms with Gasteiger partial charge in [0.15, 0.2) is 0 Å². The van der Waals surface area contributed by atoms with Gasteiger partial charge in [0.05, 0.1) is 13.2 Å². The number of rotatable bonds is 6. The Hall–Kier alpha value is -0.650. The molecule has 1 aliphatic heterocycles. The van der Waals surface area contributed by atoms with Gasteiger partial charge < -0.3 is 20.3 Å². The lowest BCUT2D eigenvalue weighted by molar-refractivity contribution is -0.128. The van der Waals surface area contributed by atoms with E-state index in [0.29, 0.717) is 32.7 Å². The number of hydrogen-bond donors (Lipinski definition) is 1. The van der Waals surface area contributed by atoms with Crippen LogP contribution < -0.4 is 5.73 Å². The van der Waals surface area contributed by atoms with Crippen LogP contribution in [-0.2, 0) is 9.53 Å². The topological polar surface area (TPSA) is 58.8 Å². The van der Waals surface area contributed by atoms with Gasteiger partial charge in [-0.3, -0.25) is 4.79 Å². The Balaban J connectivity index is 2.03. The summed E-state index contributed by atoms with van der Waals surface area (Å²) in [4.78, 5) is 15.2. The molecule has 0 aliphatic carbocycles. The Morgan fingerprint density at radius 2 is 2.27 bits per heavy atom. The molecule has 1 rings (SSSR count). The van der Waals surface area contributed by atoms with Crippen molar-refractivity contribution in [2.24, 2.45) is 5.73 Å². The fourth-order valence-electron chi connectivity index (χ4n) is 1.54. The van der Waals surface area contributed by atoms with E-state index >= 15 is 0 Å². The third-order valence-electron chi connectivity index (χ3n) is 2.43. The molecule has 0 aromatic heterocycles. The number of amides is 1. The summed E-state index contributed by atoms with van der Waals surface area (Å²) in [7, 11) is 4.01. The molecule has 0 spiro atoms. The summed E-state index contributed by atoms with van der Waals surface area (Å²) in [5, 5.41) is 0. The van der Waals surface area contributed by atoms with Crippen molar-refractivity contribution >= 4 is 5.91 Å². The van der Waals surface area contributed by atoms with Crippen LogP contribution in [0.4, 0.5) is 0 Å². The van der Waals surface area contributed by atoms with E-state index in [4.69, 9.17) is 10.5 Å². The third kappa shape index (κ3) is 4.59. The highest BCUT2D eigenvalue weighted by molar-refractivity contribution is 5.79. The summed E-state index contributed by atoms with van der Waals surface area (Å²) in [5.41, 5.74) is 5.68. The van der Waals surface area contributed by atoms with E-state index in [1.54, 1.807) is 4.90 Å². The zero-order chi connectivity index (χ0) is 11.3. The maximum absolute atomic E-state index is 11.3. The Bertz CT molecular complexity index is 209. The fraction of sp³-hybridized carbons (Fsp3) is 0.900. The summed E-state index contributed by atoms with van der Waals surface area (Å²) in [6, 6.07) is 0.0132. The van der Waals surface area contributed by atoms with E-state index in [-0.39, 0.29) is 11.9 Å². The van der Waals surface area contributed by atoms with Gasteiger partial charge in [0, 0.05) is 32.1 Å². The standard InChI is InChI=1S/C10H21N3O2/c1-12(2)3-5-15-6-4-13-8-9(11)7-10(13)14/h9H,3-8,11H2,1-2H3. The Morgan fingerprint density at radius 3 is 2.80 bits per heavy atom. The Morgan fingerprint density at radius 1 is 1.53 bits per heavy atom. The van der Waals surface area contributed by atoms with Crippen LogP contribution in [0.25, 0.3) is 0 Å². The molecule has 0 radical (unpaired) electrons. The van der Waals surface area contributed by atoms with Crippen LogP contribution in [0.15, 0.2) is 0 Å². The van der Waals surface area contributed by atoms with E-state index in [9.17, 15) is 4.79 Å². The zero-order valence-corrected chi connectivity index (χ0v) is 9.61. The molecule has 1 heterocycles. The SMILES string of the molecule is CN(C)CCOCCN1CC(N)CC1=O. The summed E-state index contributed by atoms with van der Waals surface area (Å²) in [6.45, 7) is 3.57. The first-order valence-corrected chi connectivity index (χ1v) is 5.35. The van der Waals surface area contributed by atoms with E-state index in [2.05, 4.69) is 4.90 Å². The lowest BCUT2D eigenvalue weighted by Gasteiger charge is -2.16. The molecule has 15 heavy (non-hydrogen) atoms. The highest BCUT2D eigenvalue weighted by Crippen LogP contribution is 2.07. The van der Waals surface area contributed by atoms with Gasteiger partial charge >= 0.3 is 0 Å². The van der Waals surface area contributed by atoms with E-state index in [1.807, 2.05) is 14.1 Å². The van der Waals surface area contributed by atoms with E-state index in [0.717, 1.165) is 6.54 Å². The van der Waals surface area contributed by atoms with E-state index < -0.39 is 0 Å². The van der Waals surface area contributed by atoms with Crippen LogP contribution >= 0.6 is 0 Å². The molecule has 1 amide bonds. The van der Waals surface area contributed by atoms with Gasteiger partial charge in [-0.1, -0.05) is 0 Å². The molecule has 1 fully saturated rings. The molecule has 1 saturated heterocycles. The molecule has 1 unspecified atom stereocenters. The Labute approximate surface area is 91.2 Å². The Kier molecular flexibility index (Phi) is 5.01. The van der Waals surface area contributed by atoms with Crippen molar-refractivity contribution in [3.8, 4) is 0 Å². The molecule has 0 bridgehead atoms. The van der Waals surface area contributed by atoms with Gasteiger partial charge in [0.2, 0.25) is 5.91 Å². The molecular formula is C10H21N3O2. The van der Waals surface area contributed by atoms with Crippen molar-refractivity contribution in [1.82, 2.24) is 9.80 Å². The van der Waals surface area contributed by atoms with Gasteiger partial charge in [-0.25, -0.2) is 0 Å². The van der Waals surface area contributed by atoms with Gasteiger partial charge in [-0.05, 0) is 14.1 Å². The number of ether oxygens (including phenoxy) is 1. The average molecular weight is 215 g/mol. The van der Waals surface area contributed by atoms with Crippen molar-refractivity contribution in [1.29, 1.82) is 0 Å². The molecule has 2 N–H and O–H groups in total. The van der Waals surface area contributed by atoms with Crippen molar-refractivity contribution < 1.29 is 9.53 Å². The minimum atomic E-state index is 0.0132. The molecule has 0 aromatic rings. The molecule has 1 atom stereocenters. The summed E-state index contributed by atoms with van der Waals surface area (Å²) < 4.78 is 5.41. The predicted octanol–water partition coefficient (Wildman–Crippen LogP) is -0.876. The monoisotopic (exact) mass is 215 g/mol. The molecule has 5 heteroatoms. The van der Waals surface area contributed by atoms with Crippen LogP contribution in [0.2, 0.25) is 0 Å². The normalized spacial score (nSPS) is 21.7. The average Bonchev–Trinajstić information content (AvgIpc) is 2.44. The van der Waals surface area contributed by atoms with Crippen LogP contribution in [-0.4, -0.2) is 68.7 Å². The van der Waals surface area contributed by atoms with Gasteiger partial charge in [0.25, 0.3) is 0 Å². The summed E-state index contributed by atoms with van der Waals surface area (Å²) in [6.07, 6.45) is 0.484. The van der Waals surface area contributed by atoms with Crippen LogP contribution in [0, 0.1) is 0 Å². The minimum Gasteiger partial charge on any atom is -0.378 e. The number of likely N-dealkylation sites (N-methyl/N-ethyl adjacent to an activating group) is 1. The molecule has 0 saturated carbocycles. The fourth-order valence-corrected chi connectivity index (χ4v) is 1.54. The lowest BCUT2D eigenvalue weighted by atomic mass is 10.3. The van der Waals surface area contributed by atoms with Crippen LogP contribution in [0.1, 0.15) is 6.42 Å². The highest BCUT2D eigenvalue weighted by atomic mass is 16.5. The second-order valence-electron chi connectivity index (χ2n) is 4.22. The number of likely N-dealkylation sites (tertiary alicyclic amines) is 1. The first-order valence-electron chi connectivity index (χ1n) is 5.35. The minimum absolute atomic E-state index is 0.0132. The number of carbonyl (C=O) groups excluding carboxylic acids is 1. The van der Waals surface area contributed by atoms with Crippen molar-refractivity contribution in [2.75, 3.05) is 46.9 Å². The van der Waals surface area contributed by atoms with Gasteiger partial charge in [0.1, 0.15) is 0 Å².